The smallest absolute Gasteiger partial charge is 0.315 e. The number of urea groups is 1. The van der Waals surface area contributed by atoms with Gasteiger partial charge >= 0.3 is 12.0 Å². The van der Waals surface area contributed by atoms with Crippen LogP contribution in [0.4, 0.5) is 4.79 Å². The van der Waals surface area contributed by atoms with Crippen molar-refractivity contribution in [3.63, 3.8) is 0 Å². The van der Waals surface area contributed by atoms with Gasteiger partial charge in [0.15, 0.2) is 0 Å². The first-order valence-corrected chi connectivity index (χ1v) is 31.7. The van der Waals surface area contributed by atoms with Crippen molar-refractivity contribution in [1.29, 1.82) is 0 Å². The predicted molar refractivity (Wildman–Crippen MR) is 315 cm³/mol. The molecule has 0 radical (unpaired) electrons. The molecule has 496 valence electrons. The minimum absolute atomic E-state index is 0.0441. The maximum Gasteiger partial charge on any atom is 0.315 e. The lowest BCUT2D eigenvalue weighted by atomic mass is 9.35. The summed E-state index contributed by atoms with van der Waals surface area (Å²) < 4.78 is 59.9. The summed E-state index contributed by atoms with van der Waals surface area (Å²) in [4.78, 5) is 39.1. The quantitative estimate of drug-likeness (QED) is 0.0473. The van der Waals surface area contributed by atoms with Crippen LogP contribution in [0.3, 0.4) is 0 Å². The van der Waals surface area contributed by atoms with E-state index in [0.717, 1.165) is 18.6 Å². The third kappa shape index (κ3) is 8.66. The number of esters is 1. The van der Waals surface area contributed by atoms with E-state index in [0.29, 0.717) is 6.42 Å². The zero-order valence-electron chi connectivity index (χ0n) is 55.4. The minimum atomic E-state index is -2.10. The van der Waals surface area contributed by atoms with Crippen molar-refractivity contribution in [1.82, 2.24) is 16.0 Å². The molecule has 0 aromatic rings. The molecule has 1 aliphatic carbocycles. The molecule has 20 unspecified atom stereocenters. The highest BCUT2D eigenvalue weighted by Gasteiger charge is 2.87. The standard InChI is InChI=1S/C62H107N3O20S/c1-36(68)65-53(14)45(6)27-39(52(45,13)48(9,29-66)83-61(53,22)80-40(69)26-24-23-25-38-41-37(28-86-38)63-42(70)64-41)79-35-51(12)56(17,73)55(16,72)46(7,43(2,3)81-51)31-77-33-49(10)47(8,60(21)59(20,76)62(30-67,84-49)85-60)32-78-34-50(11)57(18,74)58(19,75)54(15,71)44(4,5)82-50/h37-39,41,66-67,71-76H,23-35H2,1-22H3,(H,65,68)(H2,63,64,70)/t37-,38?,39?,41-,45?,46?,47?,48?,49?,50?,51?,52?,53?,54?,55?,56?,57?,58?,59?,60?,61?,62?/m0/s1. The maximum absolute atomic E-state index is 13.9. The van der Waals surface area contributed by atoms with Crippen LogP contribution in [0.2, 0.25) is 0 Å². The van der Waals surface area contributed by atoms with E-state index < -0.39 is 143 Å². The van der Waals surface area contributed by atoms with Crippen LogP contribution in [0.1, 0.15) is 184 Å². The van der Waals surface area contributed by atoms with Crippen LogP contribution in [0.25, 0.3) is 0 Å². The fraction of sp³-hybridized carbons (Fsp3) is 0.952. The maximum atomic E-state index is 13.9. The van der Waals surface area contributed by atoms with E-state index in [1.165, 1.54) is 48.5 Å². The number of nitrogens with one attached hydrogen (secondary N) is 3. The third-order valence-electron chi connectivity index (χ3n) is 26.4. The summed E-state index contributed by atoms with van der Waals surface area (Å²) in [7, 11) is 0. The Bertz CT molecular complexity index is 2670. The molecule has 0 aromatic heterocycles. The zero-order valence-corrected chi connectivity index (χ0v) is 56.2. The molecular weight excluding hydrogens is 1140 g/mol. The zero-order chi connectivity index (χ0) is 65.4. The van der Waals surface area contributed by atoms with Crippen LogP contribution >= 0.6 is 11.8 Å². The number of rotatable bonds is 20. The molecule has 1 saturated carbocycles. The van der Waals surface area contributed by atoms with Crippen LogP contribution in [0.15, 0.2) is 0 Å². The molecule has 9 aliphatic rings. The van der Waals surface area contributed by atoms with Crippen molar-refractivity contribution < 1.29 is 97.9 Å². The summed E-state index contributed by atoms with van der Waals surface area (Å²) in [5.41, 5.74) is -28.5. The molecule has 0 aromatic carbocycles. The third-order valence-corrected chi connectivity index (χ3v) is 27.9. The fourth-order valence-corrected chi connectivity index (χ4v) is 18.9. The van der Waals surface area contributed by atoms with Crippen LogP contribution in [-0.4, -0.2) is 224 Å². The average molecular weight is 1250 g/mol. The number of unbranched alkanes of at least 4 members (excludes halogenated alkanes) is 1. The Kier molecular flexibility index (Phi) is 16.6. The number of hydrogen-bond donors (Lipinski definition) is 11. The Balaban J connectivity index is 0.980. The highest BCUT2D eigenvalue weighted by atomic mass is 32.2. The first kappa shape index (κ1) is 69.8. The van der Waals surface area contributed by atoms with Gasteiger partial charge in [-0.1, -0.05) is 34.1 Å². The van der Waals surface area contributed by atoms with Crippen LogP contribution in [0.5, 0.6) is 0 Å². The van der Waals surface area contributed by atoms with Crippen LogP contribution in [-0.2, 0) is 52.2 Å². The van der Waals surface area contributed by atoms with Gasteiger partial charge in [-0.2, -0.15) is 11.8 Å². The molecule has 86 heavy (non-hydrogen) atoms. The predicted octanol–water partition coefficient (Wildman–Crippen LogP) is 3.40. The number of aliphatic hydroxyl groups is 8. The normalized spacial score (nSPS) is 54.1. The van der Waals surface area contributed by atoms with Crippen LogP contribution < -0.4 is 16.0 Å². The Morgan fingerprint density at radius 2 is 1.14 bits per heavy atom. The van der Waals surface area contributed by atoms with E-state index in [9.17, 15) is 55.2 Å². The lowest BCUT2D eigenvalue weighted by Gasteiger charge is -2.78. The average Bonchev–Trinajstić information content (AvgIpc) is 0.699. The van der Waals surface area contributed by atoms with Gasteiger partial charge in [-0.25, -0.2) is 4.79 Å². The number of fused-ring (bicyclic) bond motifs is 4. The summed E-state index contributed by atoms with van der Waals surface area (Å²) in [5, 5.41) is 105. The van der Waals surface area contributed by atoms with E-state index in [1.54, 1.807) is 102 Å². The summed E-state index contributed by atoms with van der Waals surface area (Å²) >= 11 is 1.80. The van der Waals surface area contributed by atoms with E-state index in [1.807, 2.05) is 13.8 Å². The number of hydrogen-bond acceptors (Lipinski definition) is 21. The number of ether oxygens (including phenoxy) is 9. The molecule has 8 saturated heterocycles. The fourth-order valence-electron chi connectivity index (χ4n) is 17.3. The van der Waals surface area contributed by atoms with Crippen molar-refractivity contribution in [2.24, 2.45) is 21.7 Å². The molecular formula is C62H107N3O20S. The lowest BCUT2D eigenvalue weighted by Crippen LogP contribution is -2.94. The molecule has 22 atom stereocenters. The molecule has 3 amide bonds. The molecule has 24 heteroatoms. The highest BCUT2D eigenvalue weighted by molar-refractivity contribution is 8.00. The van der Waals surface area contributed by atoms with Crippen molar-refractivity contribution in [2.45, 2.75) is 298 Å². The number of carbonyl (C=O) groups excluding carboxylic acids is 3. The minimum Gasteiger partial charge on any atom is -0.431 e. The summed E-state index contributed by atoms with van der Waals surface area (Å²) in [6.45, 7) is 33.4. The number of amides is 3. The van der Waals surface area contributed by atoms with Gasteiger partial charge in [-0.15, -0.1) is 0 Å². The molecule has 8 aliphatic heterocycles. The van der Waals surface area contributed by atoms with Crippen molar-refractivity contribution in [3.8, 4) is 0 Å². The van der Waals surface area contributed by atoms with Gasteiger partial charge in [-0.3, -0.25) is 9.59 Å². The van der Waals surface area contributed by atoms with Gasteiger partial charge < -0.3 is 99.4 Å². The molecule has 8 heterocycles. The van der Waals surface area contributed by atoms with E-state index in [2.05, 4.69) is 16.0 Å². The largest absolute Gasteiger partial charge is 0.431 e. The Morgan fingerprint density at radius 3 is 1.70 bits per heavy atom. The molecule has 9 rings (SSSR count). The second kappa shape index (κ2) is 20.5. The highest BCUT2D eigenvalue weighted by Crippen LogP contribution is 2.74. The molecule has 2 bridgehead atoms. The Morgan fingerprint density at radius 1 is 0.593 bits per heavy atom. The van der Waals surface area contributed by atoms with E-state index in [-0.39, 0.29) is 69.2 Å². The topological polar surface area (TPSA) is 332 Å². The first-order valence-electron chi connectivity index (χ1n) is 30.7. The molecule has 23 nitrogen and oxygen atoms in total. The van der Waals surface area contributed by atoms with Gasteiger partial charge in [0.05, 0.1) is 79.9 Å². The Labute approximate surface area is 513 Å². The number of aliphatic hydroxyl groups excluding tert-OH is 2. The van der Waals surface area contributed by atoms with Gasteiger partial charge in [0.1, 0.15) is 73.8 Å². The van der Waals surface area contributed by atoms with Gasteiger partial charge in [0.25, 0.3) is 0 Å². The molecule has 0 spiro atoms. The van der Waals surface area contributed by atoms with E-state index >= 15 is 0 Å². The van der Waals surface area contributed by atoms with E-state index in [4.69, 9.17) is 42.6 Å². The molecule has 9 fully saturated rings. The lowest BCUT2D eigenvalue weighted by molar-refractivity contribution is -0.577. The van der Waals surface area contributed by atoms with Crippen LogP contribution in [0, 0.1) is 21.7 Å². The first-order chi connectivity index (χ1) is 38.6. The summed E-state index contributed by atoms with van der Waals surface area (Å²) in [6.07, 6.45) is 1.65. The van der Waals surface area contributed by atoms with Crippen molar-refractivity contribution in [3.05, 3.63) is 0 Å². The van der Waals surface area contributed by atoms with Gasteiger partial charge in [0.2, 0.25) is 17.5 Å². The monoisotopic (exact) mass is 1250 g/mol. The van der Waals surface area contributed by atoms with Crippen molar-refractivity contribution >= 4 is 29.7 Å². The SMILES string of the molecule is CC(=O)NC1(C)C(C)(OC(=O)CCCCC2SC[C@@H]3NC(=O)N[C@H]23)OC(C)(CO)C2(C)C(OCC3(C)OC(C)(C)C(C)(COCC4(C)OC5(CO)OC(C)(C5(C)O)C4(C)COCC4(C)OC(C)(C)C(C)(O)C(C)(O)C4(C)O)C(C)(O)C3(C)O)CC12C. The summed E-state index contributed by atoms with van der Waals surface area (Å²) in [5.74, 6) is -3.78. The van der Waals surface area contributed by atoms with Gasteiger partial charge in [0, 0.05) is 42.1 Å². The van der Waals surface area contributed by atoms with Gasteiger partial charge in [-0.05, 0) is 130 Å². The second-order valence-corrected chi connectivity index (χ2v) is 32.5. The summed E-state index contributed by atoms with van der Waals surface area (Å²) in [6, 6.07) is -0.0221. The molecule has 11 N–H and O–H groups in total. The number of carbonyl (C=O) groups is 3. The second-order valence-electron chi connectivity index (χ2n) is 31.3. The number of thioether (sulfide) groups is 1. The van der Waals surface area contributed by atoms with Crippen molar-refractivity contribution in [2.75, 3.05) is 52.0 Å². The Hall–Kier alpha value is -2.08.